The van der Waals surface area contributed by atoms with Crippen molar-refractivity contribution in [2.45, 2.75) is 39.3 Å². The van der Waals surface area contributed by atoms with Crippen LogP contribution in [0.1, 0.15) is 32.3 Å². The van der Waals surface area contributed by atoms with Crippen LogP contribution in [0.3, 0.4) is 0 Å². The Balaban J connectivity index is 1.76. The molecule has 0 spiro atoms. The zero-order chi connectivity index (χ0) is 18.1. The topological polar surface area (TPSA) is 68.2 Å². The molecule has 0 radical (unpaired) electrons. The molecular formula is C20H28N4O. The maximum atomic E-state index is 12.0. The summed E-state index contributed by atoms with van der Waals surface area (Å²) in [6.45, 7) is 7.64. The Morgan fingerprint density at radius 2 is 2.00 bits per heavy atom. The van der Waals surface area contributed by atoms with E-state index in [1.807, 2.05) is 26.0 Å². The average Bonchev–Trinajstić information content (AvgIpc) is 2.62. The summed E-state index contributed by atoms with van der Waals surface area (Å²) < 4.78 is 0. The Morgan fingerprint density at radius 3 is 2.60 bits per heavy atom. The Bertz CT molecular complexity index is 610. The number of hydrogen-bond acceptors (Lipinski definition) is 4. The normalized spacial score (nSPS) is 16.5. The third-order valence-corrected chi connectivity index (χ3v) is 4.34. The van der Waals surface area contributed by atoms with Gasteiger partial charge in [-0.05, 0) is 24.3 Å². The number of hydrogen-bond donors (Lipinski definition) is 2. The van der Waals surface area contributed by atoms with Gasteiger partial charge in [-0.15, -0.1) is 0 Å². The van der Waals surface area contributed by atoms with Crippen molar-refractivity contribution in [3.63, 3.8) is 0 Å². The Hall–Kier alpha value is -2.32. The minimum absolute atomic E-state index is 0.146. The van der Waals surface area contributed by atoms with Gasteiger partial charge in [0, 0.05) is 38.4 Å². The van der Waals surface area contributed by atoms with Crippen LogP contribution in [-0.4, -0.2) is 36.5 Å². The summed E-state index contributed by atoms with van der Waals surface area (Å²) in [7, 11) is 0. The summed E-state index contributed by atoms with van der Waals surface area (Å²) in [5.74, 6) is 0.0657. The third kappa shape index (κ3) is 6.60. The van der Waals surface area contributed by atoms with Crippen LogP contribution in [0.2, 0.25) is 0 Å². The van der Waals surface area contributed by atoms with Gasteiger partial charge >= 0.3 is 0 Å². The fourth-order valence-corrected chi connectivity index (χ4v) is 2.84. The standard InChI is InChI=1S/C20H28N4O/c1-16(2)13-23-20(25)18(12-21)14-22-19-8-10-24(11-9-19)15-17-6-4-3-5-7-17/h3-7,14,16,19,22H,8-11,13,15H2,1-2H3,(H,23,25)/b18-14-. The minimum atomic E-state index is -0.301. The lowest BCUT2D eigenvalue weighted by molar-refractivity contribution is -0.117. The number of piperidine rings is 1. The van der Waals surface area contributed by atoms with Gasteiger partial charge in [0.15, 0.2) is 0 Å². The number of carbonyl (C=O) groups excluding carboxylic acids is 1. The Labute approximate surface area is 150 Å². The largest absolute Gasteiger partial charge is 0.387 e. The maximum Gasteiger partial charge on any atom is 0.263 e. The number of carbonyl (C=O) groups is 1. The van der Waals surface area contributed by atoms with Crippen LogP contribution in [0, 0.1) is 17.2 Å². The summed E-state index contributed by atoms with van der Waals surface area (Å²) >= 11 is 0. The smallest absolute Gasteiger partial charge is 0.263 e. The molecule has 1 saturated heterocycles. The van der Waals surface area contributed by atoms with Gasteiger partial charge in [0.05, 0.1) is 0 Å². The number of nitriles is 1. The molecule has 1 aromatic rings. The molecule has 1 aliphatic rings. The summed E-state index contributed by atoms with van der Waals surface area (Å²) in [6.07, 6.45) is 3.60. The van der Waals surface area contributed by atoms with Crippen molar-refractivity contribution in [1.29, 1.82) is 5.26 Å². The molecule has 0 bridgehead atoms. The summed E-state index contributed by atoms with van der Waals surface area (Å²) in [5, 5.41) is 15.2. The molecule has 0 aromatic heterocycles. The van der Waals surface area contributed by atoms with Crippen molar-refractivity contribution in [2.24, 2.45) is 5.92 Å². The van der Waals surface area contributed by atoms with E-state index in [2.05, 4.69) is 39.8 Å². The van der Waals surface area contributed by atoms with E-state index in [0.717, 1.165) is 32.5 Å². The number of nitrogens with zero attached hydrogens (tertiary/aromatic N) is 2. The first kappa shape index (κ1) is 19.0. The second-order valence-electron chi connectivity index (χ2n) is 6.98. The average molecular weight is 340 g/mol. The molecule has 0 unspecified atom stereocenters. The van der Waals surface area contributed by atoms with E-state index in [1.54, 1.807) is 6.20 Å². The van der Waals surface area contributed by atoms with Crippen molar-refractivity contribution in [3.8, 4) is 6.07 Å². The molecule has 1 aromatic carbocycles. The van der Waals surface area contributed by atoms with E-state index >= 15 is 0 Å². The van der Waals surface area contributed by atoms with Gasteiger partial charge in [-0.2, -0.15) is 5.26 Å². The van der Waals surface area contributed by atoms with Gasteiger partial charge in [-0.25, -0.2) is 0 Å². The first-order valence-corrected chi connectivity index (χ1v) is 8.99. The third-order valence-electron chi connectivity index (χ3n) is 4.34. The molecule has 5 nitrogen and oxygen atoms in total. The van der Waals surface area contributed by atoms with E-state index in [1.165, 1.54) is 5.56 Å². The van der Waals surface area contributed by atoms with Crippen LogP contribution in [0.25, 0.3) is 0 Å². The maximum absolute atomic E-state index is 12.0. The van der Waals surface area contributed by atoms with E-state index in [-0.39, 0.29) is 11.5 Å². The van der Waals surface area contributed by atoms with Crippen molar-refractivity contribution >= 4 is 5.91 Å². The van der Waals surface area contributed by atoms with Crippen molar-refractivity contribution < 1.29 is 4.79 Å². The van der Waals surface area contributed by atoms with Gasteiger partial charge in [0.1, 0.15) is 11.6 Å². The zero-order valence-electron chi connectivity index (χ0n) is 15.2. The Morgan fingerprint density at radius 1 is 1.32 bits per heavy atom. The van der Waals surface area contributed by atoms with Crippen LogP contribution in [0.5, 0.6) is 0 Å². The molecule has 2 N–H and O–H groups in total. The number of benzene rings is 1. The van der Waals surface area contributed by atoms with E-state index in [0.29, 0.717) is 18.5 Å². The van der Waals surface area contributed by atoms with Crippen molar-refractivity contribution in [1.82, 2.24) is 15.5 Å². The lowest BCUT2D eigenvalue weighted by atomic mass is 10.0. The van der Waals surface area contributed by atoms with Gasteiger partial charge in [0.2, 0.25) is 0 Å². The summed E-state index contributed by atoms with van der Waals surface area (Å²) in [5.41, 5.74) is 1.48. The van der Waals surface area contributed by atoms with Crippen LogP contribution >= 0.6 is 0 Å². The first-order valence-electron chi connectivity index (χ1n) is 8.99. The molecule has 2 rings (SSSR count). The van der Waals surface area contributed by atoms with Gasteiger partial charge in [-0.1, -0.05) is 44.2 Å². The predicted molar refractivity (Wildman–Crippen MR) is 99.4 cm³/mol. The highest BCUT2D eigenvalue weighted by Crippen LogP contribution is 2.14. The molecule has 1 fully saturated rings. The highest BCUT2D eigenvalue weighted by molar-refractivity contribution is 5.97. The van der Waals surface area contributed by atoms with Gasteiger partial charge < -0.3 is 10.6 Å². The fourth-order valence-electron chi connectivity index (χ4n) is 2.84. The van der Waals surface area contributed by atoms with E-state index in [9.17, 15) is 4.79 Å². The molecule has 25 heavy (non-hydrogen) atoms. The molecule has 0 aliphatic carbocycles. The van der Waals surface area contributed by atoms with Crippen LogP contribution in [-0.2, 0) is 11.3 Å². The van der Waals surface area contributed by atoms with Gasteiger partial charge in [-0.3, -0.25) is 9.69 Å². The quantitative estimate of drug-likeness (QED) is 0.591. The second kappa shape index (κ2) is 9.85. The number of rotatable bonds is 7. The van der Waals surface area contributed by atoms with Gasteiger partial charge in [0.25, 0.3) is 5.91 Å². The van der Waals surface area contributed by atoms with Crippen LogP contribution in [0.15, 0.2) is 42.1 Å². The lowest BCUT2D eigenvalue weighted by Crippen LogP contribution is -2.40. The van der Waals surface area contributed by atoms with E-state index < -0.39 is 0 Å². The zero-order valence-corrected chi connectivity index (χ0v) is 15.2. The molecule has 5 heteroatoms. The monoisotopic (exact) mass is 340 g/mol. The number of likely N-dealkylation sites (tertiary alicyclic amines) is 1. The highest BCUT2D eigenvalue weighted by atomic mass is 16.1. The molecule has 134 valence electrons. The number of nitrogens with one attached hydrogen (secondary N) is 2. The minimum Gasteiger partial charge on any atom is -0.387 e. The molecule has 1 amide bonds. The molecule has 1 aliphatic heterocycles. The van der Waals surface area contributed by atoms with Crippen molar-refractivity contribution in [3.05, 3.63) is 47.7 Å². The summed E-state index contributed by atoms with van der Waals surface area (Å²) in [4.78, 5) is 14.4. The summed E-state index contributed by atoms with van der Waals surface area (Å²) in [6, 6.07) is 12.8. The lowest BCUT2D eigenvalue weighted by Gasteiger charge is -2.32. The molecule has 0 saturated carbocycles. The second-order valence-corrected chi connectivity index (χ2v) is 6.98. The molecule has 1 heterocycles. The van der Waals surface area contributed by atoms with Crippen molar-refractivity contribution in [2.75, 3.05) is 19.6 Å². The fraction of sp³-hybridized carbons (Fsp3) is 0.500. The molecule has 0 atom stereocenters. The van der Waals surface area contributed by atoms with Crippen LogP contribution in [0.4, 0.5) is 0 Å². The number of amides is 1. The SMILES string of the molecule is CC(C)CNC(=O)/C(C#N)=C\NC1CCN(Cc2ccccc2)CC1. The predicted octanol–water partition coefficient (Wildman–Crippen LogP) is 2.42. The highest BCUT2D eigenvalue weighted by Gasteiger charge is 2.19. The Kier molecular flexibility index (Phi) is 7.49. The van der Waals surface area contributed by atoms with Crippen LogP contribution < -0.4 is 10.6 Å². The first-order chi connectivity index (χ1) is 12.1. The molecular weight excluding hydrogens is 312 g/mol. The van der Waals surface area contributed by atoms with E-state index in [4.69, 9.17) is 5.26 Å².